The Bertz CT molecular complexity index is 1220. The molecule has 0 unspecified atom stereocenters. The van der Waals surface area contributed by atoms with Gasteiger partial charge in [0.15, 0.2) is 17.9 Å². The summed E-state index contributed by atoms with van der Waals surface area (Å²) in [4.78, 5) is 31.3. The molecular formula is C22H17N4O5. The first kappa shape index (κ1) is 20.0. The Kier molecular flexibility index (Phi) is 5.57. The van der Waals surface area contributed by atoms with E-state index >= 15 is 0 Å². The van der Waals surface area contributed by atoms with Crippen molar-refractivity contribution in [1.29, 1.82) is 0 Å². The minimum Gasteiger partial charge on any atom is -0.481 e. The van der Waals surface area contributed by atoms with Gasteiger partial charge in [-0.05, 0) is 12.1 Å². The van der Waals surface area contributed by atoms with Gasteiger partial charge < -0.3 is 14.7 Å². The zero-order valence-corrected chi connectivity index (χ0v) is 16.2. The second-order valence-electron chi connectivity index (χ2n) is 6.69. The lowest BCUT2D eigenvalue weighted by atomic mass is 10.1. The third-order valence-corrected chi connectivity index (χ3v) is 4.62. The fraction of sp³-hybridized carbons (Fsp3) is 0.136. The average Bonchev–Trinajstić information content (AvgIpc) is 3.36. The molecule has 2 N–H and O–H groups in total. The van der Waals surface area contributed by atoms with Gasteiger partial charge in [-0.25, -0.2) is 4.98 Å². The van der Waals surface area contributed by atoms with Crippen LogP contribution >= 0.6 is 0 Å². The lowest BCUT2D eigenvalue weighted by Crippen LogP contribution is -2.07. The first-order valence-corrected chi connectivity index (χ1v) is 9.43. The molecule has 1 radical (unpaired) electrons. The summed E-state index contributed by atoms with van der Waals surface area (Å²) in [5.74, 6) is -1.65. The number of aromatic nitrogens is 4. The highest BCUT2D eigenvalue weighted by molar-refractivity contribution is 5.77. The van der Waals surface area contributed by atoms with Crippen molar-refractivity contribution < 1.29 is 24.3 Å². The fourth-order valence-corrected chi connectivity index (χ4v) is 3.28. The number of pyridine rings is 1. The van der Waals surface area contributed by atoms with Crippen molar-refractivity contribution >= 4 is 11.9 Å². The molecule has 9 nitrogen and oxygen atoms in total. The molecule has 0 atom stereocenters. The van der Waals surface area contributed by atoms with E-state index in [1.807, 2.05) is 30.3 Å². The molecule has 0 bridgehead atoms. The van der Waals surface area contributed by atoms with Crippen LogP contribution in [0.4, 0.5) is 0 Å². The molecule has 0 aliphatic heterocycles. The third kappa shape index (κ3) is 4.20. The summed E-state index contributed by atoms with van der Waals surface area (Å²) >= 11 is 0. The number of hydrogen-bond acceptors (Lipinski definition) is 6. The molecule has 0 saturated heterocycles. The Morgan fingerprint density at radius 3 is 2.48 bits per heavy atom. The van der Waals surface area contributed by atoms with Crippen molar-refractivity contribution in [1.82, 2.24) is 19.7 Å². The highest BCUT2D eigenvalue weighted by atomic mass is 16.5. The molecule has 0 aliphatic rings. The summed E-state index contributed by atoms with van der Waals surface area (Å²) in [7, 11) is 0. The topological polar surface area (TPSA) is 131 Å². The molecule has 9 heteroatoms. The van der Waals surface area contributed by atoms with Gasteiger partial charge in [0.25, 0.3) is 0 Å². The molecule has 0 spiro atoms. The maximum atomic E-state index is 11.3. The fourth-order valence-electron chi connectivity index (χ4n) is 3.28. The molecule has 0 fully saturated rings. The first-order valence-electron chi connectivity index (χ1n) is 9.43. The van der Waals surface area contributed by atoms with Crippen molar-refractivity contribution in [2.75, 3.05) is 0 Å². The number of carbonyl (C=O) groups is 2. The highest BCUT2D eigenvalue weighted by Crippen LogP contribution is 2.32. The number of rotatable bonds is 8. The van der Waals surface area contributed by atoms with Gasteiger partial charge in [0.05, 0.1) is 29.1 Å². The van der Waals surface area contributed by atoms with Crippen LogP contribution in [-0.2, 0) is 22.4 Å². The monoisotopic (exact) mass is 417 g/mol. The second kappa shape index (κ2) is 8.62. The molecule has 3 aromatic heterocycles. The van der Waals surface area contributed by atoms with Gasteiger partial charge in [0.2, 0.25) is 0 Å². The van der Waals surface area contributed by atoms with Crippen molar-refractivity contribution in [3.63, 3.8) is 0 Å². The Morgan fingerprint density at radius 1 is 1.03 bits per heavy atom. The molecule has 3 heterocycles. The zero-order valence-electron chi connectivity index (χ0n) is 16.2. The summed E-state index contributed by atoms with van der Waals surface area (Å²) in [6.07, 6.45) is 4.10. The summed E-state index contributed by atoms with van der Waals surface area (Å²) < 4.78 is 6.87. The molecule has 1 aromatic carbocycles. The van der Waals surface area contributed by atoms with E-state index in [1.165, 1.54) is 4.57 Å². The van der Waals surface area contributed by atoms with Crippen molar-refractivity contribution in [2.24, 2.45) is 0 Å². The molecule has 0 amide bonds. The van der Waals surface area contributed by atoms with Crippen LogP contribution in [-0.4, -0.2) is 41.8 Å². The van der Waals surface area contributed by atoms with Crippen LogP contribution in [0.2, 0.25) is 0 Å². The average molecular weight is 417 g/mol. The van der Waals surface area contributed by atoms with Gasteiger partial charge in [-0.2, -0.15) is 0 Å². The number of carboxylic acid groups (broad SMARTS) is 2. The molecule has 31 heavy (non-hydrogen) atoms. The van der Waals surface area contributed by atoms with Gasteiger partial charge >= 0.3 is 11.9 Å². The molecular weight excluding hydrogens is 400 g/mol. The van der Waals surface area contributed by atoms with Crippen molar-refractivity contribution in [3.05, 3.63) is 72.5 Å². The Balaban J connectivity index is 1.90. The van der Waals surface area contributed by atoms with Crippen LogP contribution < -0.4 is 0 Å². The Hall–Kier alpha value is -4.27. The van der Waals surface area contributed by atoms with Gasteiger partial charge in [0, 0.05) is 18.2 Å². The number of benzene rings is 1. The molecule has 155 valence electrons. The highest BCUT2D eigenvalue weighted by Gasteiger charge is 2.25. The van der Waals surface area contributed by atoms with Crippen LogP contribution in [0.5, 0.6) is 0 Å². The minimum atomic E-state index is -1.08. The summed E-state index contributed by atoms with van der Waals surface area (Å²) in [5.41, 5.74) is 2.81. The normalized spacial score (nSPS) is 10.8. The third-order valence-electron chi connectivity index (χ3n) is 4.62. The number of carboxylic acids is 2. The SMILES string of the molecule is O=C(O)CCc1c(-c2ccccc2)n[c]n1-c1noc(CC(=O)O)c1-c1ccccn1. The minimum absolute atomic E-state index is 0.127. The molecule has 4 aromatic rings. The summed E-state index contributed by atoms with van der Waals surface area (Å²) in [5, 5.41) is 22.6. The number of hydrogen-bond donors (Lipinski definition) is 2. The van der Waals surface area contributed by atoms with Gasteiger partial charge in [-0.3, -0.25) is 19.1 Å². The van der Waals surface area contributed by atoms with Crippen LogP contribution in [0.15, 0.2) is 59.3 Å². The van der Waals surface area contributed by atoms with Crippen LogP contribution in [0.1, 0.15) is 17.9 Å². The van der Waals surface area contributed by atoms with E-state index in [2.05, 4.69) is 21.5 Å². The zero-order chi connectivity index (χ0) is 21.8. The van der Waals surface area contributed by atoms with Gasteiger partial charge in [0.1, 0.15) is 6.42 Å². The van der Waals surface area contributed by atoms with Gasteiger partial charge in [-0.1, -0.05) is 41.6 Å². The van der Waals surface area contributed by atoms with E-state index in [1.54, 1.807) is 24.4 Å². The standard InChI is InChI=1S/C22H17N4O5/c27-18(28)10-9-16-21(14-6-2-1-3-7-14)24-13-26(16)22-20(15-8-4-5-11-23-15)17(31-25-22)12-19(29)30/h1-8,11H,9-10,12H2,(H,27,28)(H,29,30). The largest absolute Gasteiger partial charge is 0.481 e. The Labute approximate surface area is 176 Å². The van der Waals surface area contributed by atoms with Crippen LogP contribution in [0, 0.1) is 6.33 Å². The summed E-state index contributed by atoms with van der Waals surface area (Å²) in [6.45, 7) is 0. The van der Waals surface area contributed by atoms with E-state index in [0.717, 1.165) is 5.56 Å². The van der Waals surface area contributed by atoms with E-state index in [4.69, 9.17) is 4.52 Å². The van der Waals surface area contributed by atoms with Crippen LogP contribution in [0.25, 0.3) is 28.3 Å². The molecule has 4 rings (SSSR count). The van der Waals surface area contributed by atoms with E-state index in [9.17, 15) is 19.8 Å². The van der Waals surface area contributed by atoms with E-state index < -0.39 is 11.9 Å². The second-order valence-corrected chi connectivity index (χ2v) is 6.69. The quantitative estimate of drug-likeness (QED) is 0.447. The number of nitrogens with zero attached hydrogens (tertiary/aromatic N) is 4. The Morgan fingerprint density at radius 2 is 1.81 bits per heavy atom. The lowest BCUT2D eigenvalue weighted by Gasteiger charge is -2.09. The van der Waals surface area contributed by atoms with E-state index in [-0.39, 0.29) is 30.8 Å². The predicted octanol–water partition coefficient (Wildman–Crippen LogP) is 3.03. The summed E-state index contributed by atoms with van der Waals surface area (Å²) in [6, 6.07) is 14.5. The predicted molar refractivity (Wildman–Crippen MR) is 108 cm³/mol. The molecule has 0 saturated carbocycles. The van der Waals surface area contributed by atoms with Crippen molar-refractivity contribution in [3.8, 4) is 28.3 Å². The number of aliphatic carboxylic acids is 2. The lowest BCUT2D eigenvalue weighted by molar-refractivity contribution is -0.137. The van der Waals surface area contributed by atoms with Crippen molar-refractivity contribution in [2.45, 2.75) is 19.3 Å². The number of imidazole rings is 1. The van der Waals surface area contributed by atoms with Gasteiger partial charge in [-0.15, -0.1) is 0 Å². The maximum Gasteiger partial charge on any atom is 0.311 e. The molecule has 0 aliphatic carbocycles. The first-order chi connectivity index (χ1) is 15.0. The van der Waals surface area contributed by atoms with Crippen LogP contribution in [0.3, 0.4) is 0 Å². The van der Waals surface area contributed by atoms with E-state index in [0.29, 0.717) is 22.6 Å². The smallest absolute Gasteiger partial charge is 0.311 e. The maximum absolute atomic E-state index is 11.3.